The van der Waals surface area contributed by atoms with Crippen LogP contribution in [0, 0.1) is 0 Å². The normalized spacial score (nSPS) is 30.6. The third-order valence-corrected chi connectivity index (χ3v) is 4.77. The van der Waals surface area contributed by atoms with Crippen molar-refractivity contribution >= 4 is 11.8 Å². The fourth-order valence-corrected chi connectivity index (χ4v) is 3.73. The summed E-state index contributed by atoms with van der Waals surface area (Å²) in [7, 11) is 2.07. The second kappa shape index (κ2) is 7.53. The largest absolute Gasteiger partial charge is 0.395 e. The van der Waals surface area contributed by atoms with Crippen LogP contribution >= 0.6 is 11.8 Å². The molecule has 1 aliphatic carbocycles. The molecule has 3 unspecified atom stereocenters. The minimum absolute atomic E-state index is 0.303. The molecule has 1 saturated carbocycles. The molecule has 1 aliphatic rings. The van der Waals surface area contributed by atoms with E-state index in [0.717, 1.165) is 0 Å². The van der Waals surface area contributed by atoms with Gasteiger partial charge in [0, 0.05) is 16.5 Å². The van der Waals surface area contributed by atoms with Crippen LogP contribution in [0.1, 0.15) is 45.4 Å². The summed E-state index contributed by atoms with van der Waals surface area (Å²) < 4.78 is 0. The minimum Gasteiger partial charge on any atom is -0.395 e. The van der Waals surface area contributed by atoms with E-state index in [1.54, 1.807) is 0 Å². The van der Waals surface area contributed by atoms with Crippen molar-refractivity contribution in [2.24, 2.45) is 0 Å². The maximum atomic E-state index is 9.11. The Balaban J connectivity index is 2.45. The Morgan fingerprint density at radius 2 is 1.93 bits per heavy atom. The van der Waals surface area contributed by atoms with Gasteiger partial charge in [0.1, 0.15) is 0 Å². The van der Waals surface area contributed by atoms with E-state index in [2.05, 4.69) is 19.3 Å². The van der Waals surface area contributed by atoms with E-state index in [4.69, 9.17) is 5.11 Å². The molecule has 0 saturated heterocycles. The van der Waals surface area contributed by atoms with Gasteiger partial charge < -0.3 is 10.4 Å². The predicted molar refractivity (Wildman–Crippen MR) is 68.5 cm³/mol. The molecule has 15 heavy (non-hydrogen) atoms. The summed E-state index contributed by atoms with van der Waals surface area (Å²) in [4.78, 5) is 0. The second-order valence-electron chi connectivity index (χ2n) is 4.55. The predicted octanol–water partition coefficient (Wildman–Crippen LogP) is 2.41. The monoisotopic (exact) mass is 231 g/mol. The van der Waals surface area contributed by atoms with Crippen LogP contribution < -0.4 is 5.32 Å². The van der Waals surface area contributed by atoms with Crippen molar-refractivity contribution in [1.29, 1.82) is 0 Å². The lowest BCUT2D eigenvalue weighted by atomic mass is 9.96. The van der Waals surface area contributed by atoms with Crippen LogP contribution in [0.2, 0.25) is 0 Å². The zero-order chi connectivity index (χ0) is 11.1. The highest BCUT2D eigenvalue weighted by atomic mass is 32.2. The van der Waals surface area contributed by atoms with Gasteiger partial charge in [-0.2, -0.15) is 11.8 Å². The van der Waals surface area contributed by atoms with Gasteiger partial charge in [-0.3, -0.25) is 0 Å². The van der Waals surface area contributed by atoms with E-state index in [-0.39, 0.29) is 0 Å². The summed E-state index contributed by atoms with van der Waals surface area (Å²) >= 11 is 1.96. The molecule has 0 radical (unpaired) electrons. The van der Waals surface area contributed by atoms with Crippen molar-refractivity contribution < 1.29 is 5.11 Å². The van der Waals surface area contributed by atoms with Crippen molar-refractivity contribution in [2.75, 3.05) is 13.7 Å². The zero-order valence-corrected chi connectivity index (χ0v) is 10.9. The standard InChI is InChI=1S/C12H25NOS/c1-10(9-14)15-12-8-6-4-3-5-7-11(12)13-2/h10-14H,3-9H2,1-2H3. The van der Waals surface area contributed by atoms with Gasteiger partial charge in [0.25, 0.3) is 0 Å². The smallest absolute Gasteiger partial charge is 0.0547 e. The molecular weight excluding hydrogens is 206 g/mol. The Morgan fingerprint density at radius 1 is 1.27 bits per heavy atom. The summed E-state index contributed by atoms with van der Waals surface area (Å²) in [5.41, 5.74) is 0. The van der Waals surface area contributed by atoms with Crippen LogP contribution in [-0.2, 0) is 0 Å². The van der Waals surface area contributed by atoms with Crippen LogP contribution in [0.4, 0.5) is 0 Å². The zero-order valence-electron chi connectivity index (χ0n) is 10.0. The van der Waals surface area contributed by atoms with Gasteiger partial charge >= 0.3 is 0 Å². The van der Waals surface area contributed by atoms with Crippen molar-refractivity contribution in [2.45, 2.75) is 62.0 Å². The highest BCUT2D eigenvalue weighted by molar-refractivity contribution is 8.00. The number of aliphatic hydroxyl groups excluding tert-OH is 1. The number of thioether (sulfide) groups is 1. The van der Waals surface area contributed by atoms with Crippen molar-refractivity contribution in [3.8, 4) is 0 Å². The first-order valence-electron chi connectivity index (χ1n) is 6.21. The molecule has 0 spiro atoms. The molecule has 0 amide bonds. The first-order chi connectivity index (χ1) is 7.27. The summed E-state index contributed by atoms with van der Waals surface area (Å²) in [5.74, 6) is 0. The van der Waals surface area contributed by atoms with E-state index in [1.807, 2.05) is 11.8 Å². The number of aliphatic hydroxyl groups is 1. The van der Waals surface area contributed by atoms with Crippen LogP contribution in [0.5, 0.6) is 0 Å². The van der Waals surface area contributed by atoms with Crippen LogP contribution in [0.3, 0.4) is 0 Å². The number of nitrogens with one attached hydrogen (secondary N) is 1. The fraction of sp³-hybridized carbons (Fsp3) is 1.00. The van der Waals surface area contributed by atoms with E-state index in [1.165, 1.54) is 38.5 Å². The Hall–Kier alpha value is 0.270. The number of hydrogen-bond donors (Lipinski definition) is 2. The van der Waals surface area contributed by atoms with Gasteiger partial charge in [-0.25, -0.2) is 0 Å². The Labute approximate surface area is 98.2 Å². The first kappa shape index (κ1) is 13.3. The van der Waals surface area contributed by atoms with E-state index in [0.29, 0.717) is 23.1 Å². The van der Waals surface area contributed by atoms with E-state index in [9.17, 15) is 0 Å². The molecule has 3 heteroatoms. The van der Waals surface area contributed by atoms with Crippen LogP contribution in [0.25, 0.3) is 0 Å². The molecule has 90 valence electrons. The molecule has 2 N–H and O–H groups in total. The molecule has 1 fully saturated rings. The average molecular weight is 231 g/mol. The maximum Gasteiger partial charge on any atom is 0.0547 e. The Morgan fingerprint density at radius 3 is 2.53 bits per heavy atom. The van der Waals surface area contributed by atoms with Gasteiger partial charge in [-0.1, -0.05) is 32.6 Å². The van der Waals surface area contributed by atoms with Crippen molar-refractivity contribution in [3.63, 3.8) is 0 Å². The molecule has 3 atom stereocenters. The second-order valence-corrected chi connectivity index (χ2v) is 6.24. The van der Waals surface area contributed by atoms with Gasteiger partial charge in [-0.15, -0.1) is 0 Å². The molecular formula is C12H25NOS. The topological polar surface area (TPSA) is 32.3 Å². The number of rotatable bonds is 4. The SMILES string of the molecule is CNC1CCCCCCC1SC(C)CO. The Bertz CT molecular complexity index is 166. The fourth-order valence-electron chi connectivity index (χ4n) is 2.28. The highest BCUT2D eigenvalue weighted by Gasteiger charge is 2.23. The molecule has 0 aliphatic heterocycles. The van der Waals surface area contributed by atoms with Gasteiger partial charge in [0.15, 0.2) is 0 Å². The van der Waals surface area contributed by atoms with Crippen LogP contribution in [-0.4, -0.2) is 35.3 Å². The highest BCUT2D eigenvalue weighted by Crippen LogP contribution is 2.29. The maximum absolute atomic E-state index is 9.11. The lowest BCUT2D eigenvalue weighted by Gasteiger charge is -2.30. The Kier molecular flexibility index (Phi) is 6.69. The molecule has 1 rings (SSSR count). The van der Waals surface area contributed by atoms with Crippen LogP contribution in [0.15, 0.2) is 0 Å². The summed E-state index contributed by atoms with van der Waals surface area (Å²) in [5, 5.41) is 13.6. The summed E-state index contributed by atoms with van der Waals surface area (Å²) in [6.45, 7) is 2.42. The lowest BCUT2D eigenvalue weighted by Crippen LogP contribution is -2.37. The molecule has 0 bridgehead atoms. The lowest BCUT2D eigenvalue weighted by molar-refractivity contribution is 0.299. The van der Waals surface area contributed by atoms with Crippen molar-refractivity contribution in [3.05, 3.63) is 0 Å². The molecule has 2 nitrogen and oxygen atoms in total. The van der Waals surface area contributed by atoms with Gasteiger partial charge in [-0.05, 0) is 19.9 Å². The average Bonchev–Trinajstić information content (AvgIpc) is 2.22. The van der Waals surface area contributed by atoms with Gasteiger partial charge in [0.05, 0.1) is 6.61 Å². The minimum atomic E-state index is 0.303. The summed E-state index contributed by atoms with van der Waals surface area (Å²) in [6.07, 6.45) is 8.10. The van der Waals surface area contributed by atoms with Crippen molar-refractivity contribution in [1.82, 2.24) is 5.32 Å². The van der Waals surface area contributed by atoms with Gasteiger partial charge in [0.2, 0.25) is 0 Å². The summed E-state index contributed by atoms with van der Waals surface area (Å²) in [6, 6.07) is 0.643. The van der Waals surface area contributed by atoms with E-state index < -0.39 is 0 Å². The molecule has 0 aromatic carbocycles. The quantitative estimate of drug-likeness (QED) is 0.779. The molecule has 0 aromatic heterocycles. The first-order valence-corrected chi connectivity index (χ1v) is 7.15. The molecule has 0 heterocycles. The third kappa shape index (κ3) is 4.75. The molecule has 0 aromatic rings. The number of hydrogen-bond acceptors (Lipinski definition) is 3. The van der Waals surface area contributed by atoms with E-state index >= 15 is 0 Å². The third-order valence-electron chi connectivity index (χ3n) is 3.24.